The molecule has 0 radical (unpaired) electrons. The van der Waals surface area contributed by atoms with Crippen molar-refractivity contribution in [2.45, 2.75) is 0 Å². The smallest absolute Gasteiger partial charge is 0.273 e. The zero-order valence-electron chi connectivity index (χ0n) is 15.6. The average molecular weight is 464 g/mol. The predicted octanol–water partition coefficient (Wildman–Crippen LogP) is 4.85. The topological polar surface area (TPSA) is 53.5 Å². The Morgan fingerprint density at radius 1 is 0.967 bits per heavy atom. The molecule has 0 aliphatic carbocycles. The van der Waals surface area contributed by atoms with Crippen molar-refractivity contribution in [1.29, 1.82) is 0 Å². The highest BCUT2D eigenvalue weighted by Gasteiger charge is 2.27. The van der Waals surface area contributed by atoms with Gasteiger partial charge in [-0.3, -0.25) is 9.59 Å². The van der Waals surface area contributed by atoms with Crippen molar-refractivity contribution < 1.29 is 14.0 Å². The van der Waals surface area contributed by atoms with Crippen molar-refractivity contribution in [3.8, 4) is 10.6 Å². The fourth-order valence-corrected chi connectivity index (χ4v) is 4.55. The third-order valence-electron chi connectivity index (χ3n) is 4.84. The highest BCUT2D eigenvalue weighted by Crippen LogP contribution is 2.27. The molecule has 4 rings (SSSR count). The molecule has 1 aliphatic heterocycles. The van der Waals surface area contributed by atoms with Gasteiger partial charge in [-0.15, -0.1) is 11.3 Å². The van der Waals surface area contributed by atoms with Gasteiger partial charge >= 0.3 is 0 Å². The Bertz CT molecular complexity index is 1110. The van der Waals surface area contributed by atoms with Crippen LogP contribution in [0, 0.1) is 5.82 Å². The van der Waals surface area contributed by atoms with E-state index < -0.39 is 0 Å². The molecule has 1 aromatic heterocycles. The Morgan fingerprint density at radius 3 is 2.30 bits per heavy atom. The first-order chi connectivity index (χ1) is 14.4. The zero-order chi connectivity index (χ0) is 21.3. The van der Waals surface area contributed by atoms with Crippen LogP contribution in [0.25, 0.3) is 10.6 Å². The summed E-state index contributed by atoms with van der Waals surface area (Å²) in [6, 6.07) is 11.1. The van der Waals surface area contributed by atoms with Crippen LogP contribution in [-0.4, -0.2) is 52.8 Å². The lowest BCUT2D eigenvalue weighted by atomic mass is 10.1. The van der Waals surface area contributed by atoms with Crippen molar-refractivity contribution in [3.05, 3.63) is 75.0 Å². The second-order valence-corrected chi connectivity index (χ2v) is 8.43. The van der Waals surface area contributed by atoms with E-state index in [1.807, 2.05) is 0 Å². The monoisotopic (exact) mass is 463 g/mol. The molecular formula is C21H16Cl2FN3O2S. The molecule has 2 aromatic carbocycles. The van der Waals surface area contributed by atoms with Crippen molar-refractivity contribution in [1.82, 2.24) is 14.8 Å². The lowest BCUT2D eigenvalue weighted by Gasteiger charge is -2.34. The van der Waals surface area contributed by atoms with E-state index in [1.54, 1.807) is 45.5 Å². The SMILES string of the molecule is O=C(c1csc(-c2ccccc2F)n1)N1CCN(C(=O)c2ccc(Cl)cc2Cl)CC1. The van der Waals surface area contributed by atoms with Gasteiger partial charge in [0.15, 0.2) is 0 Å². The minimum atomic E-state index is -0.376. The first-order valence-corrected chi connectivity index (χ1v) is 10.8. The maximum Gasteiger partial charge on any atom is 0.273 e. The van der Waals surface area contributed by atoms with Crippen LogP contribution in [0.3, 0.4) is 0 Å². The molecule has 0 unspecified atom stereocenters. The van der Waals surface area contributed by atoms with Crippen molar-refractivity contribution >= 4 is 46.4 Å². The Kier molecular flexibility index (Phi) is 6.04. The molecule has 1 aliphatic rings. The Balaban J connectivity index is 1.41. The van der Waals surface area contributed by atoms with Crippen LogP contribution in [0.1, 0.15) is 20.8 Å². The van der Waals surface area contributed by atoms with Crippen molar-refractivity contribution in [2.24, 2.45) is 0 Å². The van der Waals surface area contributed by atoms with E-state index in [0.29, 0.717) is 52.4 Å². The fourth-order valence-electron chi connectivity index (χ4n) is 3.24. The Morgan fingerprint density at radius 2 is 1.63 bits per heavy atom. The van der Waals surface area contributed by atoms with Gasteiger partial charge in [-0.25, -0.2) is 9.37 Å². The standard InChI is InChI=1S/C21H16Cl2FN3O2S/c22-13-5-6-14(16(23)11-13)20(28)26-7-9-27(10-8-26)21(29)18-12-30-19(25-18)15-3-1-2-4-17(15)24/h1-6,11-12H,7-10H2. The van der Waals surface area contributed by atoms with Crippen LogP contribution in [-0.2, 0) is 0 Å². The molecule has 0 spiro atoms. The normalized spacial score (nSPS) is 14.1. The average Bonchev–Trinajstić information content (AvgIpc) is 3.23. The van der Waals surface area contributed by atoms with E-state index in [4.69, 9.17) is 23.2 Å². The number of halogens is 3. The summed E-state index contributed by atoms with van der Waals surface area (Å²) in [5, 5.41) is 2.86. The molecule has 3 aromatic rings. The van der Waals surface area contributed by atoms with Gasteiger partial charge < -0.3 is 9.80 Å². The summed E-state index contributed by atoms with van der Waals surface area (Å²) < 4.78 is 14.0. The number of thiazole rings is 1. The van der Waals surface area contributed by atoms with Gasteiger partial charge in [0.1, 0.15) is 16.5 Å². The van der Waals surface area contributed by atoms with E-state index in [0.717, 1.165) is 0 Å². The van der Waals surface area contributed by atoms with Crippen LogP contribution in [0.15, 0.2) is 47.8 Å². The third-order valence-corrected chi connectivity index (χ3v) is 6.27. The van der Waals surface area contributed by atoms with Crippen LogP contribution < -0.4 is 0 Å². The molecule has 5 nitrogen and oxygen atoms in total. The summed E-state index contributed by atoms with van der Waals surface area (Å²) in [6.07, 6.45) is 0. The molecule has 0 atom stereocenters. The number of benzene rings is 2. The summed E-state index contributed by atoms with van der Waals surface area (Å²) in [5.74, 6) is -0.802. The fraction of sp³-hybridized carbons (Fsp3) is 0.190. The second kappa shape index (κ2) is 8.71. The minimum Gasteiger partial charge on any atom is -0.335 e. The molecule has 9 heteroatoms. The van der Waals surface area contributed by atoms with Crippen LogP contribution in [0.4, 0.5) is 4.39 Å². The largest absolute Gasteiger partial charge is 0.335 e. The van der Waals surface area contributed by atoms with Crippen molar-refractivity contribution in [2.75, 3.05) is 26.2 Å². The van der Waals surface area contributed by atoms with E-state index in [-0.39, 0.29) is 23.3 Å². The molecule has 1 fully saturated rings. The molecule has 30 heavy (non-hydrogen) atoms. The molecule has 2 heterocycles. The van der Waals surface area contributed by atoms with E-state index in [2.05, 4.69) is 4.98 Å². The second-order valence-electron chi connectivity index (χ2n) is 6.73. The number of nitrogens with zero attached hydrogens (tertiary/aromatic N) is 3. The first kappa shape index (κ1) is 20.8. The molecule has 0 saturated carbocycles. The van der Waals surface area contributed by atoms with Crippen LogP contribution in [0.5, 0.6) is 0 Å². The number of aromatic nitrogens is 1. The van der Waals surface area contributed by atoms with Gasteiger partial charge in [0.2, 0.25) is 0 Å². The van der Waals surface area contributed by atoms with Crippen molar-refractivity contribution in [3.63, 3.8) is 0 Å². The van der Waals surface area contributed by atoms with Gasteiger partial charge in [-0.2, -0.15) is 0 Å². The number of carbonyl (C=O) groups excluding carboxylic acids is 2. The highest BCUT2D eigenvalue weighted by atomic mass is 35.5. The van der Waals surface area contributed by atoms with Crippen LogP contribution >= 0.6 is 34.5 Å². The summed E-state index contributed by atoms with van der Waals surface area (Å²) in [4.78, 5) is 33.1. The summed E-state index contributed by atoms with van der Waals surface area (Å²) in [6.45, 7) is 1.52. The maximum atomic E-state index is 14.0. The van der Waals surface area contributed by atoms with Crippen LogP contribution in [0.2, 0.25) is 10.0 Å². The number of piperazine rings is 1. The number of hydrogen-bond donors (Lipinski definition) is 0. The lowest BCUT2D eigenvalue weighted by molar-refractivity contribution is 0.0533. The van der Waals surface area contributed by atoms with Gasteiger partial charge in [0.25, 0.3) is 11.8 Å². The molecule has 1 saturated heterocycles. The number of rotatable bonds is 3. The summed E-state index contributed by atoms with van der Waals surface area (Å²) >= 11 is 13.3. The minimum absolute atomic E-state index is 0.195. The lowest BCUT2D eigenvalue weighted by Crippen LogP contribution is -2.50. The Labute approximate surface area is 186 Å². The molecule has 154 valence electrons. The van der Waals surface area contributed by atoms with Gasteiger partial charge in [-0.1, -0.05) is 35.3 Å². The van der Waals surface area contributed by atoms with E-state index in [9.17, 15) is 14.0 Å². The van der Waals surface area contributed by atoms with Gasteiger partial charge in [0.05, 0.1) is 10.6 Å². The number of hydrogen-bond acceptors (Lipinski definition) is 4. The quantitative estimate of drug-likeness (QED) is 0.557. The van der Waals surface area contributed by atoms with E-state index in [1.165, 1.54) is 23.5 Å². The third kappa shape index (κ3) is 4.19. The number of amides is 2. The molecule has 2 amide bonds. The zero-order valence-corrected chi connectivity index (χ0v) is 18.0. The highest BCUT2D eigenvalue weighted by molar-refractivity contribution is 7.13. The molecule has 0 bridgehead atoms. The van der Waals surface area contributed by atoms with E-state index >= 15 is 0 Å². The number of carbonyl (C=O) groups is 2. The summed E-state index contributed by atoms with van der Waals surface area (Å²) in [7, 11) is 0. The van der Waals surface area contributed by atoms with Gasteiger partial charge in [0, 0.05) is 42.1 Å². The predicted molar refractivity (Wildman–Crippen MR) is 116 cm³/mol. The first-order valence-electron chi connectivity index (χ1n) is 9.18. The molecule has 0 N–H and O–H groups in total. The Hall–Kier alpha value is -2.48. The summed E-state index contributed by atoms with van der Waals surface area (Å²) in [5.41, 5.74) is 1.03. The molecular weight excluding hydrogens is 448 g/mol. The maximum absolute atomic E-state index is 14.0. The van der Waals surface area contributed by atoms with Gasteiger partial charge in [-0.05, 0) is 30.3 Å².